The van der Waals surface area contributed by atoms with Crippen molar-refractivity contribution in [3.8, 4) is 28.6 Å². The molecule has 4 aromatic rings. The number of hydrogen-bond donors (Lipinski definition) is 1. The summed E-state index contributed by atoms with van der Waals surface area (Å²) < 4.78 is 18.6. The maximum Gasteiger partial charge on any atom is 0.226 e. The minimum atomic E-state index is -0.376. The van der Waals surface area contributed by atoms with Crippen LogP contribution in [0.3, 0.4) is 0 Å². The van der Waals surface area contributed by atoms with E-state index in [-0.39, 0.29) is 11.8 Å². The first kappa shape index (κ1) is 23.8. The summed E-state index contributed by atoms with van der Waals surface area (Å²) in [7, 11) is 3.20. The number of Topliss-reactive ketones (excluding diaryl/α,β-unsaturated/α-hetero) is 1. The van der Waals surface area contributed by atoms with Gasteiger partial charge in [0.05, 0.1) is 14.2 Å². The van der Waals surface area contributed by atoms with Gasteiger partial charge in [-0.05, 0) is 54.3 Å². The predicted octanol–water partition coefficient (Wildman–Crippen LogP) is 5.56. The molecule has 38 heavy (non-hydrogen) atoms. The lowest BCUT2D eigenvalue weighted by atomic mass is 9.85. The molecule has 0 bridgehead atoms. The second-order valence-electron chi connectivity index (χ2n) is 9.31. The molecule has 192 valence electrons. The zero-order valence-corrected chi connectivity index (χ0v) is 21.3. The van der Waals surface area contributed by atoms with Crippen LogP contribution in [0.2, 0.25) is 0 Å². The molecule has 1 atom stereocenters. The molecule has 0 fully saturated rings. The number of carbonyl (C=O) groups excluding carboxylic acids is 1. The van der Waals surface area contributed by atoms with Gasteiger partial charge in [0.25, 0.3) is 0 Å². The highest BCUT2D eigenvalue weighted by molar-refractivity contribution is 5.99. The minimum absolute atomic E-state index is 0.141. The largest absolute Gasteiger partial charge is 0.493 e. The van der Waals surface area contributed by atoms with Gasteiger partial charge in [-0.1, -0.05) is 42.5 Å². The molecular formula is C30H28N4O4. The van der Waals surface area contributed by atoms with Gasteiger partial charge in [0, 0.05) is 23.3 Å². The third-order valence-corrected chi connectivity index (χ3v) is 6.95. The summed E-state index contributed by atoms with van der Waals surface area (Å²) in [5.41, 5.74) is 4.53. The first-order valence-corrected chi connectivity index (χ1v) is 12.6. The van der Waals surface area contributed by atoms with E-state index in [0.29, 0.717) is 36.3 Å². The molecule has 0 saturated heterocycles. The van der Waals surface area contributed by atoms with E-state index in [0.717, 1.165) is 46.6 Å². The SMILES string of the molecule is COc1ccc(-c2nc3n(n2)C(c2ccc(OCc4ccccc4)cc2)C2=C(CCCC2=O)N3)cc1OC. The van der Waals surface area contributed by atoms with Gasteiger partial charge in [-0.15, -0.1) is 5.10 Å². The molecule has 1 unspecified atom stereocenters. The Balaban J connectivity index is 1.35. The van der Waals surface area contributed by atoms with Gasteiger partial charge in [0.1, 0.15) is 18.4 Å². The molecule has 0 spiro atoms. The highest BCUT2D eigenvalue weighted by Crippen LogP contribution is 2.41. The number of aromatic nitrogens is 3. The monoisotopic (exact) mass is 508 g/mol. The number of ketones is 1. The number of nitrogens with one attached hydrogen (secondary N) is 1. The topological polar surface area (TPSA) is 87.5 Å². The average molecular weight is 509 g/mol. The number of fused-ring (bicyclic) bond motifs is 1. The Morgan fingerprint density at radius 3 is 2.50 bits per heavy atom. The molecule has 1 aliphatic carbocycles. The molecule has 1 N–H and O–H groups in total. The molecule has 0 amide bonds. The van der Waals surface area contributed by atoms with Crippen molar-refractivity contribution in [2.75, 3.05) is 19.5 Å². The minimum Gasteiger partial charge on any atom is -0.493 e. The van der Waals surface area contributed by atoms with E-state index in [9.17, 15) is 4.79 Å². The summed E-state index contributed by atoms with van der Waals surface area (Å²) in [6, 6.07) is 23.2. The zero-order valence-electron chi connectivity index (χ0n) is 21.3. The van der Waals surface area contributed by atoms with E-state index in [2.05, 4.69) is 5.32 Å². The van der Waals surface area contributed by atoms with E-state index >= 15 is 0 Å². The van der Waals surface area contributed by atoms with Crippen LogP contribution in [-0.2, 0) is 11.4 Å². The lowest BCUT2D eigenvalue weighted by Crippen LogP contribution is -2.31. The van der Waals surface area contributed by atoms with Crippen LogP contribution in [0.25, 0.3) is 11.4 Å². The molecule has 1 aliphatic heterocycles. The van der Waals surface area contributed by atoms with Gasteiger partial charge in [-0.2, -0.15) is 4.98 Å². The number of carbonyl (C=O) groups is 1. The van der Waals surface area contributed by atoms with Gasteiger partial charge >= 0.3 is 0 Å². The van der Waals surface area contributed by atoms with Gasteiger partial charge in [-0.3, -0.25) is 4.79 Å². The number of hydrogen-bond acceptors (Lipinski definition) is 7. The molecule has 2 heterocycles. The normalized spacial score (nSPS) is 16.4. The second-order valence-corrected chi connectivity index (χ2v) is 9.31. The Morgan fingerprint density at radius 1 is 0.947 bits per heavy atom. The van der Waals surface area contributed by atoms with Crippen LogP contribution in [-0.4, -0.2) is 34.8 Å². The summed E-state index contributed by atoms with van der Waals surface area (Å²) in [5, 5.41) is 8.25. The standard InChI is InChI=1S/C30H28N4O4/c1-36-25-16-13-21(17-26(25)37-2)29-32-30-31-23-9-6-10-24(35)27(23)28(34(30)33-29)20-11-14-22(15-12-20)38-18-19-7-4-3-5-8-19/h3-5,7-8,11-17,28H,6,9-10,18H2,1-2H3,(H,31,32,33). The van der Waals surface area contributed by atoms with Crippen molar-refractivity contribution in [3.63, 3.8) is 0 Å². The van der Waals surface area contributed by atoms with Gasteiger partial charge < -0.3 is 19.5 Å². The lowest BCUT2D eigenvalue weighted by molar-refractivity contribution is -0.116. The van der Waals surface area contributed by atoms with Crippen LogP contribution >= 0.6 is 0 Å². The Morgan fingerprint density at radius 2 is 1.74 bits per heavy atom. The van der Waals surface area contributed by atoms with Crippen molar-refractivity contribution < 1.29 is 19.0 Å². The van der Waals surface area contributed by atoms with E-state index in [4.69, 9.17) is 24.3 Å². The number of rotatable bonds is 7. The van der Waals surface area contributed by atoms with Crippen molar-refractivity contribution in [2.45, 2.75) is 31.9 Å². The van der Waals surface area contributed by atoms with Gasteiger partial charge in [-0.25, -0.2) is 4.68 Å². The van der Waals surface area contributed by atoms with E-state index in [1.54, 1.807) is 14.2 Å². The van der Waals surface area contributed by atoms with Crippen LogP contribution in [0, 0.1) is 0 Å². The Labute approximate surface area is 220 Å². The quantitative estimate of drug-likeness (QED) is 0.350. The van der Waals surface area contributed by atoms with Crippen molar-refractivity contribution in [3.05, 3.63) is 95.2 Å². The number of ether oxygens (including phenoxy) is 3. The Kier molecular flexibility index (Phi) is 6.29. The Bertz CT molecular complexity index is 1510. The van der Waals surface area contributed by atoms with Crippen LogP contribution in [0.1, 0.15) is 36.4 Å². The second kappa shape index (κ2) is 10.0. The van der Waals surface area contributed by atoms with Crippen molar-refractivity contribution in [1.82, 2.24) is 14.8 Å². The van der Waals surface area contributed by atoms with Crippen LogP contribution in [0.5, 0.6) is 17.2 Å². The average Bonchev–Trinajstić information content (AvgIpc) is 3.39. The summed E-state index contributed by atoms with van der Waals surface area (Å²) in [5.74, 6) is 3.28. The highest BCUT2D eigenvalue weighted by atomic mass is 16.5. The first-order chi connectivity index (χ1) is 18.6. The zero-order chi connectivity index (χ0) is 26.1. The summed E-state index contributed by atoms with van der Waals surface area (Å²) in [6.07, 6.45) is 2.15. The summed E-state index contributed by atoms with van der Waals surface area (Å²) in [4.78, 5) is 18.0. The number of allylic oxidation sites excluding steroid dienone is 2. The molecule has 0 saturated carbocycles. The smallest absolute Gasteiger partial charge is 0.226 e. The number of methoxy groups -OCH3 is 2. The summed E-state index contributed by atoms with van der Waals surface area (Å²) >= 11 is 0. The highest BCUT2D eigenvalue weighted by Gasteiger charge is 2.37. The fourth-order valence-electron chi connectivity index (χ4n) is 5.05. The van der Waals surface area contributed by atoms with E-state index in [1.807, 2.05) is 77.5 Å². The fraction of sp³-hybridized carbons (Fsp3) is 0.233. The van der Waals surface area contributed by atoms with E-state index in [1.165, 1.54) is 0 Å². The maximum absolute atomic E-state index is 13.2. The third-order valence-electron chi connectivity index (χ3n) is 6.95. The number of nitrogens with zero attached hydrogens (tertiary/aromatic N) is 3. The molecule has 6 rings (SSSR count). The van der Waals surface area contributed by atoms with Crippen molar-refractivity contribution in [1.29, 1.82) is 0 Å². The van der Waals surface area contributed by atoms with Gasteiger partial charge in [0.2, 0.25) is 5.95 Å². The lowest BCUT2D eigenvalue weighted by Gasteiger charge is -2.32. The third kappa shape index (κ3) is 4.38. The number of anilines is 1. The summed E-state index contributed by atoms with van der Waals surface area (Å²) in [6.45, 7) is 0.489. The molecule has 0 radical (unpaired) electrons. The molecule has 1 aromatic heterocycles. The van der Waals surface area contributed by atoms with E-state index < -0.39 is 0 Å². The molecule has 2 aliphatic rings. The molecule has 3 aromatic carbocycles. The van der Waals surface area contributed by atoms with Crippen LogP contribution < -0.4 is 19.5 Å². The first-order valence-electron chi connectivity index (χ1n) is 12.6. The maximum atomic E-state index is 13.2. The van der Waals surface area contributed by atoms with Gasteiger partial charge in [0.15, 0.2) is 23.1 Å². The molecule has 8 heteroatoms. The van der Waals surface area contributed by atoms with Crippen molar-refractivity contribution in [2.24, 2.45) is 0 Å². The number of benzene rings is 3. The van der Waals surface area contributed by atoms with Crippen molar-refractivity contribution >= 4 is 11.7 Å². The predicted molar refractivity (Wildman–Crippen MR) is 143 cm³/mol. The fourth-order valence-corrected chi connectivity index (χ4v) is 5.05. The molecule has 8 nitrogen and oxygen atoms in total. The molecular weight excluding hydrogens is 480 g/mol. The van der Waals surface area contributed by atoms with Crippen LogP contribution in [0.4, 0.5) is 5.95 Å². The Hall–Kier alpha value is -4.59. The van der Waals surface area contributed by atoms with Crippen LogP contribution in [0.15, 0.2) is 84.1 Å².